The number of hydrogen-bond acceptors (Lipinski definition) is 2. The van der Waals surface area contributed by atoms with Gasteiger partial charge < -0.3 is 0 Å². The summed E-state index contributed by atoms with van der Waals surface area (Å²) < 4.78 is 0. The predicted molar refractivity (Wildman–Crippen MR) is 106 cm³/mol. The maximum Gasteiger partial charge on any atom is 0.0708 e. The van der Waals surface area contributed by atoms with Crippen molar-refractivity contribution in [3.8, 4) is 17.3 Å². The van der Waals surface area contributed by atoms with E-state index in [1.165, 1.54) is 55.3 Å². The molecule has 3 heteroatoms. The fourth-order valence-electron chi connectivity index (χ4n) is 4.68. The molecule has 0 atom stereocenters. The van der Waals surface area contributed by atoms with E-state index in [4.69, 9.17) is 21.8 Å². The van der Waals surface area contributed by atoms with Crippen LogP contribution in [0.5, 0.6) is 0 Å². The van der Waals surface area contributed by atoms with E-state index < -0.39 is 0 Å². The Bertz CT molecular complexity index is 829. The lowest BCUT2D eigenvalue weighted by molar-refractivity contribution is 0.276. The molecule has 1 heterocycles. The number of nitrogens with zero attached hydrogens (tertiary/aromatic N) is 2. The van der Waals surface area contributed by atoms with Crippen molar-refractivity contribution >= 4 is 11.6 Å². The number of halogens is 1. The van der Waals surface area contributed by atoms with Crippen LogP contribution in [0.15, 0.2) is 30.3 Å². The first-order chi connectivity index (χ1) is 12.7. The molecule has 1 aromatic carbocycles. The first-order valence-corrected chi connectivity index (χ1v) is 10.3. The van der Waals surface area contributed by atoms with Crippen LogP contribution < -0.4 is 0 Å². The second-order valence-corrected chi connectivity index (χ2v) is 8.35. The normalized spacial score (nSPS) is 22.0. The van der Waals surface area contributed by atoms with Gasteiger partial charge in [-0.1, -0.05) is 23.7 Å². The van der Waals surface area contributed by atoms with Crippen molar-refractivity contribution in [2.75, 3.05) is 0 Å². The van der Waals surface area contributed by atoms with Crippen molar-refractivity contribution in [2.24, 2.45) is 11.8 Å². The molecule has 0 aliphatic heterocycles. The molecule has 26 heavy (non-hydrogen) atoms. The lowest BCUT2D eigenvalue weighted by atomic mass is 9.78. The molecule has 1 fully saturated rings. The molecule has 0 amide bonds. The van der Waals surface area contributed by atoms with Crippen molar-refractivity contribution < 1.29 is 0 Å². The van der Waals surface area contributed by atoms with E-state index in [1.807, 2.05) is 18.2 Å². The number of nitriles is 1. The Balaban J connectivity index is 1.57. The van der Waals surface area contributed by atoms with Crippen LogP contribution in [-0.4, -0.2) is 4.98 Å². The molecule has 2 aliphatic carbocycles. The van der Waals surface area contributed by atoms with E-state index in [9.17, 15) is 0 Å². The molecule has 2 aromatic rings. The molecule has 2 aliphatic rings. The molecule has 0 N–H and O–H groups in total. The van der Waals surface area contributed by atoms with E-state index >= 15 is 0 Å². The van der Waals surface area contributed by atoms with E-state index in [-0.39, 0.29) is 0 Å². The fraction of sp³-hybridized carbons (Fsp3) is 0.478. The number of pyridine rings is 1. The van der Waals surface area contributed by atoms with Gasteiger partial charge in [0.1, 0.15) is 0 Å². The summed E-state index contributed by atoms with van der Waals surface area (Å²) in [6.45, 7) is 0. The Morgan fingerprint density at radius 1 is 1.08 bits per heavy atom. The summed E-state index contributed by atoms with van der Waals surface area (Å²) in [6, 6.07) is 12.7. The van der Waals surface area contributed by atoms with Crippen LogP contribution in [0, 0.1) is 23.2 Å². The third-order valence-electron chi connectivity index (χ3n) is 6.12. The first-order valence-electron chi connectivity index (χ1n) is 9.87. The van der Waals surface area contributed by atoms with Crippen molar-refractivity contribution in [2.45, 2.75) is 57.8 Å². The molecule has 0 unspecified atom stereocenters. The minimum atomic E-state index is 0.626. The Morgan fingerprint density at radius 3 is 2.65 bits per heavy atom. The van der Waals surface area contributed by atoms with Gasteiger partial charge in [-0.05, 0) is 92.5 Å². The first kappa shape index (κ1) is 17.6. The van der Waals surface area contributed by atoms with Crippen LogP contribution in [0.4, 0.5) is 0 Å². The fourth-order valence-corrected chi connectivity index (χ4v) is 4.87. The summed E-state index contributed by atoms with van der Waals surface area (Å²) in [7, 11) is 0. The molecule has 134 valence electrons. The Labute approximate surface area is 161 Å². The average Bonchev–Trinajstić information content (AvgIpc) is 3.12. The highest BCUT2D eigenvalue weighted by Crippen LogP contribution is 2.36. The molecule has 1 saturated carbocycles. The standard InChI is InChI=1S/C23H25ClN2/c24-20-4-1-3-18(14-20)23-15-19(21-5-2-6-22(21)26-23)13-17-9-7-16(8-10-17)11-12-25/h1,3-4,14-17H,2,5-11,13H2. The second-order valence-electron chi connectivity index (χ2n) is 7.91. The van der Waals surface area contributed by atoms with Crippen LogP contribution in [0.3, 0.4) is 0 Å². The third-order valence-corrected chi connectivity index (χ3v) is 6.35. The molecule has 0 spiro atoms. The second kappa shape index (κ2) is 7.80. The van der Waals surface area contributed by atoms with Crippen LogP contribution in [0.25, 0.3) is 11.3 Å². The maximum absolute atomic E-state index is 8.92. The summed E-state index contributed by atoms with van der Waals surface area (Å²) in [5.74, 6) is 1.38. The number of hydrogen-bond donors (Lipinski definition) is 0. The topological polar surface area (TPSA) is 36.7 Å². The van der Waals surface area contributed by atoms with Gasteiger partial charge >= 0.3 is 0 Å². The van der Waals surface area contributed by atoms with Gasteiger partial charge in [-0.15, -0.1) is 0 Å². The van der Waals surface area contributed by atoms with Gasteiger partial charge in [-0.3, -0.25) is 4.98 Å². The Kier molecular flexibility index (Phi) is 5.27. The zero-order valence-corrected chi connectivity index (χ0v) is 15.9. The van der Waals surface area contributed by atoms with Crippen molar-refractivity contribution in [3.63, 3.8) is 0 Å². The molecule has 0 saturated heterocycles. The average molecular weight is 365 g/mol. The van der Waals surface area contributed by atoms with Crippen molar-refractivity contribution in [1.82, 2.24) is 4.98 Å². The lowest BCUT2D eigenvalue weighted by Crippen LogP contribution is -2.17. The molecule has 1 aromatic heterocycles. The summed E-state index contributed by atoms with van der Waals surface area (Å²) in [5, 5.41) is 9.68. The molecular weight excluding hydrogens is 340 g/mol. The predicted octanol–water partition coefficient (Wildman–Crippen LogP) is 6.15. The Hall–Kier alpha value is -1.85. The smallest absolute Gasteiger partial charge is 0.0708 e. The van der Waals surface area contributed by atoms with Crippen LogP contribution in [-0.2, 0) is 19.3 Å². The monoisotopic (exact) mass is 364 g/mol. The van der Waals surface area contributed by atoms with Gasteiger partial charge in [0.25, 0.3) is 0 Å². The van der Waals surface area contributed by atoms with Gasteiger partial charge in [0.2, 0.25) is 0 Å². The zero-order chi connectivity index (χ0) is 17.9. The van der Waals surface area contributed by atoms with Crippen LogP contribution in [0.2, 0.25) is 5.02 Å². The largest absolute Gasteiger partial charge is 0.253 e. The van der Waals surface area contributed by atoms with Crippen molar-refractivity contribution in [3.05, 3.63) is 52.2 Å². The Morgan fingerprint density at radius 2 is 1.88 bits per heavy atom. The molecule has 2 nitrogen and oxygen atoms in total. The van der Waals surface area contributed by atoms with E-state index in [0.29, 0.717) is 5.92 Å². The summed E-state index contributed by atoms with van der Waals surface area (Å²) in [4.78, 5) is 4.96. The summed E-state index contributed by atoms with van der Waals surface area (Å²) in [5.41, 5.74) is 6.50. The molecule has 0 radical (unpaired) electrons. The summed E-state index contributed by atoms with van der Waals surface area (Å²) in [6.07, 6.45) is 10.4. The van der Waals surface area contributed by atoms with E-state index in [1.54, 1.807) is 0 Å². The quantitative estimate of drug-likeness (QED) is 0.652. The number of rotatable bonds is 4. The van der Waals surface area contributed by atoms with Gasteiger partial charge in [0, 0.05) is 22.7 Å². The minimum absolute atomic E-state index is 0.626. The van der Waals surface area contributed by atoms with Gasteiger partial charge in [0.05, 0.1) is 11.8 Å². The molecular formula is C23H25ClN2. The maximum atomic E-state index is 8.92. The minimum Gasteiger partial charge on any atom is -0.253 e. The van der Waals surface area contributed by atoms with Crippen molar-refractivity contribution in [1.29, 1.82) is 5.26 Å². The van der Waals surface area contributed by atoms with E-state index in [2.05, 4.69) is 18.2 Å². The summed E-state index contributed by atoms with van der Waals surface area (Å²) >= 11 is 6.20. The highest BCUT2D eigenvalue weighted by Gasteiger charge is 2.24. The number of fused-ring (bicyclic) bond motifs is 1. The highest BCUT2D eigenvalue weighted by molar-refractivity contribution is 6.30. The third kappa shape index (κ3) is 3.79. The number of aryl methyl sites for hydroxylation is 1. The van der Waals surface area contributed by atoms with Crippen LogP contribution >= 0.6 is 11.6 Å². The van der Waals surface area contributed by atoms with Gasteiger partial charge in [0.15, 0.2) is 0 Å². The van der Waals surface area contributed by atoms with E-state index in [0.717, 1.165) is 41.5 Å². The SMILES string of the molecule is N#CCC1CCC(Cc2cc(-c3cccc(Cl)c3)nc3c2CCC3)CC1. The number of benzene rings is 1. The number of aromatic nitrogens is 1. The van der Waals surface area contributed by atoms with Gasteiger partial charge in [-0.2, -0.15) is 5.26 Å². The lowest BCUT2D eigenvalue weighted by Gasteiger charge is -2.28. The zero-order valence-electron chi connectivity index (χ0n) is 15.2. The van der Waals surface area contributed by atoms with Gasteiger partial charge in [-0.25, -0.2) is 0 Å². The molecule has 0 bridgehead atoms. The highest BCUT2D eigenvalue weighted by atomic mass is 35.5. The van der Waals surface area contributed by atoms with Crippen LogP contribution in [0.1, 0.15) is 55.3 Å². The molecule has 4 rings (SSSR count).